The van der Waals surface area contributed by atoms with Crippen LogP contribution in [0.25, 0.3) is 0 Å². The van der Waals surface area contributed by atoms with Crippen LogP contribution in [0.4, 0.5) is 0 Å². The lowest BCUT2D eigenvalue weighted by Crippen LogP contribution is -2.41. The van der Waals surface area contributed by atoms with Gasteiger partial charge in [0.2, 0.25) is 0 Å². The maximum absolute atomic E-state index is 10.3. The predicted octanol–water partition coefficient (Wildman–Crippen LogP) is -7.12. The van der Waals surface area contributed by atoms with Crippen molar-refractivity contribution in [2.45, 2.75) is 203 Å². The summed E-state index contributed by atoms with van der Waals surface area (Å²) < 4.78 is 39.7. The summed E-state index contributed by atoms with van der Waals surface area (Å²) in [7, 11) is 0. The third-order valence-electron chi connectivity index (χ3n) is 17.7. The summed E-state index contributed by atoms with van der Waals surface area (Å²) >= 11 is 0. The minimum atomic E-state index is -0.948. The van der Waals surface area contributed by atoms with Gasteiger partial charge in [-0.3, -0.25) is 37.5 Å². The molecule has 0 bridgehead atoms. The molecule has 0 spiro atoms. The molecule has 0 unspecified atom stereocenters. The highest BCUT2D eigenvalue weighted by atomic mass is 16.5. The fraction of sp³-hybridized carbons (Fsp3) is 0.719. The highest BCUT2D eigenvalue weighted by Gasteiger charge is 2.38. The van der Waals surface area contributed by atoms with Crippen molar-refractivity contribution in [2.75, 3.05) is 52.6 Å². The van der Waals surface area contributed by atoms with E-state index < -0.39 is 54.2 Å². The lowest BCUT2D eigenvalue weighted by Gasteiger charge is -2.32. The standard InChI is InChI=1S/C57H88N28O12/c86-49-13-58-45(53(49)90)25-82-17-37(62-74-82)5-1-9-78-21-41(66-70-78)29-94-33-57(34-95-30-42-22-79(71-67-42)10-2-6-38-18-83(75-63-38)26-46-54(91)50(87)14-59-46,35-96-31-43-23-80(72-68-43)11-3-7-39-19-84(76-64-39)27-47-55(92)51(88)15-60-47)36-97-32-44-24-81(73-69-44)12-4-8-40-20-85(77-65-40)28-48-56(93)52(89)16-61-48/h17-24,45-56,58-61,86-93H,1-16,25-36H2/t45-,46-,47-,48-,49-,50-,51-,52-,53+,54+,55+,56+/m1/s1. The molecule has 4 aliphatic heterocycles. The van der Waals surface area contributed by atoms with Crippen LogP contribution in [0.5, 0.6) is 0 Å². The van der Waals surface area contributed by atoms with Crippen LogP contribution in [-0.4, -0.2) is 286 Å². The van der Waals surface area contributed by atoms with Gasteiger partial charge in [-0.15, -0.1) is 40.8 Å². The highest BCUT2D eigenvalue weighted by molar-refractivity contribution is 5.02. The number of nitrogens with zero attached hydrogens (tertiary/aromatic N) is 24. The topological polar surface area (TPSA) is 493 Å². The maximum atomic E-state index is 10.3. The zero-order chi connectivity index (χ0) is 67.1. The second kappa shape index (κ2) is 33.4. The Labute approximate surface area is 555 Å². The number of aryl methyl sites for hydroxylation is 8. The first-order valence-corrected chi connectivity index (χ1v) is 33.0. The van der Waals surface area contributed by atoms with Crippen molar-refractivity contribution in [2.24, 2.45) is 5.41 Å². The summed E-state index contributed by atoms with van der Waals surface area (Å²) in [5, 5.41) is 163. The van der Waals surface area contributed by atoms with Gasteiger partial charge in [0, 0.05) is 77.1 Å². The van der Waals surface area contributed by atoms with Crippen LogP contribution >= 0.6 is 0 Å². The second-order valence-corrected chi connectivity index (χ2v) is 25.8. The van der Waals surface area contributed by atoms with E-state index in [0.29, 0.717) is 153 Å². The smallest absolute Gasteiger partial charge is 0.108 e. The van der Waals surface area contributed by atoms with E-state index in [9.17, 15) is 40.9 Å². The molecule has 8 aromatic heterocycles. The highest BCUT2D eigenvalue weighted by Crippen LogP contribution is 2.24. The van der Waals surface area contributed by atoms with E-state index in [0.717, 1.165) is 22.8 Å². The van der Waals surface area contributed by atoms with Crippen LogP contribution in [0.2, 0.25) is 0 Å². The van der Waals surface area contributed by atoms with Crippen LogP contribution in [0.1, 0.15) is 71.2 Å². The van der Waals surface area contributed by atoms with Gasteiger partial charge in [0.25, 0.3) is 0 Å². The van der Waals surface area contributed by atoms with E-state index in [-0.39, 0.29) is 77.0 Å². The Hall–Kier alpha value is -7.52. The molecule has 12 atom stereocenters. The molecule has 12 rings (SSSR count). The Morgan fingerprint density at radius 2 is 0.515 bits per heavy atom. The Balaban J connectivity index is 0.676. The van der Waals surface area contributed by atoms with E-state index in [2.05, 4.69) is 104 Å². The Kier molecular flexibility index (Phi) is 23.9. The summed E-state index contributed by atoms with van der Waals surface area (Å²) in [6.45, 7) is 5.78. The van der Waals surface area contributed by atoms with E-state index in [1.54, 1.807) is 37.5 Å². The summed E-state index contributed by atoms with van der Waals surface area (Å²) in [5.74, 6) is 0. The second-order valence-electron chi connectivity index (χ2n) is 25.8. The van der Waals surface area contributed by atoms with E-state index in [4.69, 9.17) is 18.9 Å². The van der Waals surface area contributed by atoms with Crippen LogP contribution in [0, 0.1) is 5.41 Å². The van der Waals surface area contributed by atoms with E-state index in [1.165, 1.54) is 0 Å². The molecule has 8 aromatic rings. The first-order valence-electron chi connectivity index (χ1n) is 33.0. The van der Waals surface area contributed by atoms with Crippen molar-refractivity contribution in [1.82, 2.24) is 141 Å². The van der Waals surface area contributed by atoms with Crippen LogP contribution in [-0.2, 0) is 123 Å². The molecule has 0 aromatic carbocycles. The lowest BCUT2D eigenvalue weighted by molar-refractivity contribution is -0.118. The van der Waals surface area contributed by atoms with Crippen LogP contribution in [0.15, 0.2) is 49.6 Å². The van der Waals surface area contributed by atoms with Crippen molar-refractivity contribution < 1.29 is 59.8 Å². The molecule has 0 radical (unpaired) electrons. The van der Waals surface area contributed by atoms with Gasteiger partial charge in [-0.05, 0) is 51.4 Å². The molecular formula is C57H88N28O12. The lowest BCUT2D eigenvalue weighted by atomic mass is 9.92. The number of hydrogen-bond donors (Lipinski definition) is 12. The average Bonchev–Trinajstić information content (AvgIpc) is 1.48. The molecule has 528 valence electrons. The fourth-order valence-electron chi connectivity index (χ4n) is 12.3. The van der Waals surface area contributed by atoms with Gasteiger partial charge in [0.05, 0.1) is 205 Å². The largest absolute Gasteiger partial charge is 0.389 e. The molecule has 12 N–H and O–H groups in total. The molecule has 97 heavy (non-hydrogen) atoms. The number of β-amino-alcohol motifs (C(OH)–C–C–N with tert-alkyl or cyclic N) is 4. The van der Waals surface area contributed by atoms with Crippen LogP contribution in [0.3, 0.4) is 0 Å². The summed E-state index contributed by atoms with van der Waals surface area (Å²) in [4.78, 5) is 0. The third kappa shape index (κ3) is 19.4. The average molecular weight is 1360 g/mol. The number of aliphatic hydroxyl groups excluding tert-OH is 8. The summed E-state index contributed by atoms with van der Waals surface area (Å²) in [6, 6.07) is -1.29. The van der Waals surface area contributed by atoms with Gasteiger partial charge in [-0.25, -0.2) is 0 Å². The van der Waals surface area contributed by atoms with Crippen molar-refractivity contribution in [1.29, 1.82) is 0 Å². The van der Waals surface area contributed by atoms with Gasteiger partial charge < -0.3 is 81.1 Å². The molecule has 4 aliphatic rings. The van der Waals surface area contributed by atoms with Gasteiger partial charge in [-0.2, -0.15) is 0 Å². The molecule has 40 heteroatoms. The van der Waals surface area contributed by atoms with Crippen molar-refractivity contribution in [3.63, 3.8) is 0 Å². The van der Waals surface area contributed by atoms with Gasteiger partial charge in [0.15, 0.2) is 0 Å². The van der Waals surface area contributed by atoms with Gasteiger partial charge in [-0.1, -0.05) is 41.7 Å². The number of rotatable bonds is 40. The van der Waals surface area contributed by atoms with Crippen molar-refractivity contribution in [3.8, 4) is 0 Å². The Bertz CT molecular complexity index is 3180. The van der Waals surface area contributed by atoms with E-state index >= 15 is 0 Å². The SMILES string of the molecule is O[C@@H]1[C@H](O)CN[C@@H]1Cn1cc(CCCn2cc(COCC(COCc3cn(CCCc4cn(C[C@H]5NC[C@@H](O)[C@H]5O)nn4)nn3)(COCc3cn(CCCc4cn(C[C@H]5NC[C@@H](O)[C@H]5O)nn4)nn3)COCc3cn(CCCc4cn(C[C@H]5NC[C@@H](O)[C@H]5O)nn4)nn3)nn2)nn1. The zero-order valence-corrected chi connectivity index (χ0v) is 53.8. The summed E-state index contributed by atoms with van der Waals surface area (Å²) in [5.41, 5.74) is 4.59. The quantitative estimate of drug-likeness (QED) is 0.0170. The minimum Gasteiger partial charge on any atom is -0.389 e. The number of aromatic nitrogens is 24. The monoisotopic (exact) mass is 1360 g/mol. The van der Waals surface area contributed by atoms with Gasteiger partial charge >= 0.3 is 0 Å². The van der Waals surface area contributed by atoms with Crippen LogP contribution < -0.4 is 21.3 Å². The first-order chi connectivity index (χ1) is 47.2. The molecule has 0 amide bonds. The molecular weight excluding hydrogens is 1270 g/mol. The van der Waals surface area contributed by atoms with Crippen molar-refractivity contribution >= 4 is 0 Å². The zero-order valence-electron chi connectivity index (χ0n) is 53.8. The molecule has 4 saturated heterocycles. The molecule has 0 aliphatic carbocycles. The molecule has 12 heterocycles. The number of ether oxygens (including phenoxy) is 4. The molecule has 4 fully saturated rings. The third-order valence-corrected chi connectivity index (χ3v) is 17.7. The predicted molar refractivity (Wildman–Crippen MR) is 330 cm³/mol. The molecule has 0 saturated carbocycles. The van der Waals surface area contributed by atoms with Crippen molar-refractivity contribution in [3.05, 3.63) is 95.1 Å². The normalized spacial score (nSPS) is 24.5. The summed E-state index contributed by atoms with van der Waals surface area (Å²) in [6.07, 6.45) is 13.2. The Morgan fingerprint density at radius 3 is 0.732 bits per heavy atom. The maximum Gasteiger partial charge on any atom is 0.108 e. The number of nitrogens with one attached hydrogen (secondary N) is 4. The number of aliphatic hydroxyl groups is 8. The number of hydrogen-bond acceptors (Lipinski definition) is 32. The van der Waals surface area contributed by atoms with Gasteiger partial charge in [0.1, 0.15) is 22.8 Å². The van der Waals surface area contributed by atoms with E-state index in [1.807, 2.05) is 49.6 Å². The molecule has 40 nitrogen and oxygen atoms in total. The Morgan fingerprint density at radius 1 is 0.309 bits per heavy atom. The first kappa shape index (κ1) is 69.4. The fourth-order valence-corrected chi connectivity index (χ4v) is 12.3. The minimum absolute atomic E-state index is 0.0902.